The largest absolute Gasteiger partial charge is 0.478 e. The van der Waals surface area contributed by atoms with Gasteiger partial charge in [-0.05, 0) is 63.7 Å². The van der Waals surface area contributed by atoms with Gasteiger partial charge in [-0.3, -0.25) is 0 Å². The lowest BCUT2D eigenvalue weighted by Crippen LogP contribution is -2.13. The number of benzene rings is 1. The Balaban J connectivity index is 3.57. The van der Waals surface area contributed by atoms with Crippen LogP contribution in [0.5, 0.6) is 0 Å². The van der Waals surface area contributed by atoms with Crippen LogP contribution in [-0.2, 0) is 4.74 Å². The van der Waals surface area contributed by atoms with E-state index in [-0.39, 0.29) is 5.56 Å². The third-order valence-corrected chi connectivity index (χ3v) is 3.79. The molecule has 0 saturated heterocycles. The molecule has 0 aliphatic heterocycles. The average molecular weight is 446 g/mol. The van der Waals surface area contributed by atoms with Crippen LogP contribution in [-0.4, -0.2) is 24.2 Å². The molecule has 1 N–H and O–H groups in total. The number of carboxylic acids is 1. The van der Waals surface area contributed by atoms with Gasteiger partial charge in [-0.15, -0.1) is 0 Å². The van der Waals surface area contributed by atoms with Crippen molar-refractivity contribution in [3.05, 3.63) is 29.9 Å². The quantitative estimate of drug-likeness (QED) is 0.561. The fraction of sp³-hybridized carbons (Fsp3) is 0.200. The molecule has 0 amide bonds. The summed E-state index contributed by atoms with van der Waals surface area (Å²) in [5.41, 5.74) is 0.915. The monoisotopic (exact) mass is 446 g/mol. The van der Waals surface area contributed by atoms with Gasteiger partial charge in [0.15, 0.2) is 0 Å². The van der Waals surface area contributed by atoms with Crippen LogP contribution in [0.15, 0.2) is 6.07 Å². The second-order valence-corrected chi connectivity index (χ2v) is 5.34. The van der Waals surface area contributed by atoms with Gasteiger partial charge in [0.2, 0.25) is 0 Å². The van der Waals surface area contributed by atoms with Crippen LogP contribution >= 0.6 is 45.2 Å². The van der Waals surface area contributed by atoms with Crippen LogP contribution in [0.4, 0.5) is 0 Å². The second kappa shape index (κ2) is 5.30. The first kappa shape index (κ1) is 13.7. The molecule has 0 aromatic heterocycles. The van der Waals surface area contributed by atoms with Crippen molar-refractivity contribution in [1.29, 1.82) is 0 Å². The van der Waals surface area contributed by atoms with Gasteiger partial charge in [0.25, 0.3) is 0 Å². The van der Waals surface area contributed by atoms with E-state index in [4.69, 9.17) is 5.11 Å². The number of esters is 1. The van der Waals surface area contributed by atoms with Gasteiger partial charge < -0.3 is 9.84 Å². The number of carbonyl (C=O) groups is 2. The molecule has 0 atom stereocenters. The van der Waals surface area contributed by atoms with Gasteiger partial charge in [0, 0.05) is 7.14 Å². The fourth-order valence-electron chi connectivity index (χ4n) is 1.35. The summed E-state index contributed by atoms with van der Waals surface area (Å²) in [6.07, 6.45) is 0. The Morgan fingerprint density at radius 3 is 2.19 bits per heavy atom. The Morgan fingerprint density at radius 2 is 1.75 bits per heavy atom. The summed E-state index contributed by atoms with van der Waals surface area (Å²) in [5, 5.41) is 9.06. The van der Waals surface area contributed by atoms with Crippen LogP contribution in [0.1, 0.15) is 26.3 Å². The number of hydrogen-bond acceptors (Lipinski definition) is 3. The Morgan fingerprint density at radius 1 is 1.25 bits per heavy atom. The molecule has 0 spiro atoms. The molecule has 0 aliphatic carbocycles. The van der Waals surface area contributed by atoms with Crippen LogP contribution in [0, 0.1) is 14.1 Å². The highest BCUT2D eigenvalue weighted by molar-refractivity contribution is 14.1. The molecule has 16 heavy (non-hydrogen) atoms. The van der Waals surface area contributed by atoms with E-state index in [1.54, 1.807) is 13.0 Å². The standard InChI is InChI=1S/C10H8I2O4/c1-4-7(9(13)14)5(11)3-6(12)8(4)10(15)16-2/h3H,1-2H3,(H,13,14). The number of hydrogen-bond donors (Lipinski definition) is 1. The summed E-state index contributed by atoms with van der Waals surface area (Å²) in [6, 6.07) is 1.66. The molecule has 0 fully saturated rings. The number of aromatic carboxylic acids is 1. The topological polar surface area (TPSA) is 63.6 Å². The maximum Gasteiger partial charge on any atom is 0.339 e. The number of ether oxygens (including phenoxy) is 1. The molecule has 0 unspecified atom stereocenters. The van der Waals surface area contributed by atoms with Crippen molar-refractivity contribution in [1.82, 2.24) is 0 Å². The first-order valence-electron chi connectivity index (χ1n) is 4.20. The summed E-state index contributed by atoms with van der Waals surface area (Å²) in [7, 11) is 1.27. The average Bonchev–Trinajstić information content (AvgIpc) is 2.15. The third-order valence-electron chi connectivity index (χ3n) is 2.08. The molecule has 1 rings (SSSR count). The smallest absolute Gasteiger partial charge is 0.339 e. The summed E-state index contributed by atoms with van der Waals surface area (Å²) in [4.78, 5) is 22.6. The Kier molecular flexibility index (Phi) is 4.53. The zero-order valence-electron chi connectivity index (χ0n) is 8.51. The molecule has 4 nitrogen and oxygen atoms in total. The SMILES string of the molecule is COC(=O)c1c(I)cc(I)c(C(=O)O)c1C. The number of methoxy groups -OCH3 is 1. The minimum atomic E-state index is -1.04. The highest BCUT2D eigenvalue weighted by Gasteiger charge is 2.22. The van der Waals surface area contributed by atoms with Gasteiger partial charge in [-0.1, -0.05) is 0 Å². The molecular weight excluding hydrogens is 438 g/mol. The molecule has 1 aromatic rings. The number of carboxylic acid groups (broad SMARTS) is 1. The molecule has 86 valence electrons. The van der Waals surface area contributed by atoms with Crippen LogP contribution in [0.3, 0.4) is 0 Å². The minimum absolute atomic E-state index is 0.154. The van der Waals surface area contributed by atoms with Gasteiger partial charge in [-0.2, -0.15) is 0 Å². The first-order chi connectivity index (χ1) is 7.40. The molecule has 0 saturated carbocycles. The van der Waals surface area contributed by atoms with E-state index < -0.39 is 11.9 Å². The second-order valence-electron chi connectivity index (χ2n) is 3.01. The predicted molar refractivity (Wildman–Crippen MR) is 74.9 cm³/mol. The molecule has 0 radical (unpaired) electrons. The molecular formula is C10H8I2O4. The van der Waals surface area contributed by atoms with Gasteiger partial charge in [-0.25, -0.2) is 9.59 Å². The lowest BCUT2D eigenvalue weighted by atomic mass is 10.0. The van der Waals surface area contributed by atoms with E-state index in [1.165, 1.54) is 7.11 Å². The zero-order valence-corrected chi connectivity index (χ0v) is 12.8. The van der Waals surface area contributed by atoms with E-state index >= 15 is 0 Å². The normalized spacial score (nSPS) is 10.0. The summed E-state index contributed by atoms with van der Waals surface area (Å²) < 4.78 is 5.94. The summed E-state index contributed by atoms with van der Waals surface area (Å²) in [6.45, 7) is 1.61. The van der Waals surface area contributed by atoms with Gasteiger partial charge in [0.05, 0.1) is 18.2 Å². The highest BCUT2D eigenvalue weighted by atomic mass is 127. The van der Waals surface area contributed by atoms with Gasteiger partial charge in [0.1, 0.15) is 0 Å². The van der Waals surface area contributed by atoms with E-state index in [2.05, 4.69) is 4.74 Å². The predicted octanol–water partition coefficient (Wildman–Crippen LogP) is 2.69. The third kappa shape index (κ3) is 2.47. The van der Waals surface area contributed by atoms with Crippen molar-refractivity contribution in [2.75, 3.05) is 7.11 Å². The molecule has 0 aliphatic rings. The fourth-order valence-corrected chi connectivity index (χ4v) is 3.83. The first-order valence-corrected chi connectivity index (χ1v) is 6.36. The van der Waals surface area contributed by atoms with Crippen molar-refractivity contribution < 1.29 is 19.4 Å². The number of carbonyl (C=O) groups excluding carboxylic acids is 1. The molecule has 0 bridgehead atoms. The van der Waals surface area contributed by atoms with Crippen molar-refractivity contribution >= 4 is 57.1 Å². The van der Waals surface area contributed by atoms with E-state index in [0.29, 0.717) is 18.3 Å². The summed E-state index contributed by atoms with van der Waals surface area (Å²) >= 11 is 3.93. The Hall–Kier alpha value is -0.380. The lowest BCUT2D eigenvalue weighted by Gasteiger charge is -2.11. The van der Waals surface area contributed by atoms with Crippen molar-refractivity contribution in [2.45, 2.75) is 6.92 Å². The van der Waals surface area contributed by atoms with Crippen LogP contribution in [0.25, 0.3) is 0 Å². The van der Waals surface area contributed by atoms with Gasteiger partial charge >= 0.3 is 11.9 Å². The van der Waals surface area contributed by atoms with Crippen LogP contribution < -0.4 is 0 Å². The Bertz CT molecular complexity index is 468. The number of halogens is 2. The molecule has 0 heterocycles. The van der Waals surface area contributed by atoms with Crippen molar-refractivity contribution in [3.63, 3.8) is 0 Å². The number of rotatable bonds is 2. The van der Waals surface area contributed by atoms with Crippen molar-refractivity contribution in [3.8, 4) is 0 Å². The highest BCUT2D eigenvalue weighted by Crippen LogP contribution is 2.26. The Labute approximate surface area is 120 Å². The van der Waals surface area contributed by atoms with Crippen LogP contribution in [0.2, 0.25) is 0 Å². The molecule has 6 heteroatoms. The molecule has 1 aromatic carbocycles. The maximum atomic E-state index is 11.5. The van der Waals surface area contributed by atoms with E-state index in [0.717, 1.165) is 0 Å². The van der Waals surface area contributed by atoms with E-state index in [9.17, 15) is 9.59 Å². The summed E-state index contributed by atoms with van der Waals surface area (Å²) in [5.74, 6) is -1.55. The van der Waals surface area contributed by atoms with E-state index in [1.807, 2.05) is 45.2 Å². The lowest BCUT2D eigenvalue weighted by molar-refractivity contribution is 0.0598. The van der Waals surface area contributed by atoms with Crippen molar-refractivity contribution in [2.24, 2.45) is 0 Å². The zero-order chi connectivity index (χ0) is 12.5. The minimum Gasteiger partial charge on any atom is -0.478 e. The maximum absolute atomic E-state index is 11.5.